The Balaban J connectivity index is 2.37. The average molecular weight is 284 g/mol. The van der Waals surface area contributed by atoms with E-state index in [0.29, 0.717) is 19.0 Å². The van der Waals surface area contributed by atoms with E-state index in [2.05, 4.69) is 0 Å². The lowest BCUT2D eigenvalue weighted by Gasteiger charge is -2.27. The van der Waals surface area contributed by atoms with Crippen molar-refractivity contribution in [2.24, 2.45) is 0 Å². The van der Waals surface area contributed by atoms with Gasteiger partial charge in [-0.15, -0.1) is 0 Å². The van der Waals surface area contributed by atoms with E-state index in [0.717, 1.165) is 32.4 Å². The fourth-order valence-corrected chi connectivity index (χ4v) is 3.00. The number of aliphatic carboxylic acids is 1. The molecule has 0 radical (unpaired) electrons. The van der Waals surface area contributed by atoms with Gasteiger partial charge in [0.15, 0.2) is 0 Å². The Kier molecular flexibility index (Phi) is 7.59. The molecule has 1 aliphatic carbocycles. The highest BCUT2D eigenvalue weighted by Gasteiger charge is 2.24. The van der Waals surface area contributed by atoms with Crippen molar-refractivity contribution in [2.75, 3.05) is 26.2 Å². The van der Waals surface area contributed by atoms with E-state index >= 15 is 0 Å². The van der Waals surface area contributed by atoms with Crippen molar-refractivity contribution < 1.29 is 14.7 Å². The standard InChI is InChI=1S/C15H28N2O3/c1-3-16(4-2)14(18)10-7-11-17(12-15(19)20)13-8-5-6-9-13/h13H,3-12H2,1-2H3,(H,19,20). The van der Waals surface area contributed by atoms with Gasteiger partial charge in [0.2, 0.25) is 5.91 Å². The Labute approximate surface area is 121 Å². The maximum absolute atomic E-state index is 11.9. The van der Waals surface area contributed by atoms with Crippen LogP contribution in [0.1, 0.15) is 52.4 Å². The lowest BCUT2D eigenvalue weighted by Crippen LogP contribution is -2.39. The van der Waals surface area contributed by atoms with E-state index in [1.807, 2.05) is 23.6 Å². The third kappa shape index (κ3) is 5.49. The highest BCUT2D eigenvalue weighted by atomic mass is 16.4. The monoisotopic (exact) mass is 284 g/mol. The van der Waals surface area contributed by atoms with Crippen LogP contribution in [0.15, 0.2) is 0 Å². The van der Waals surface area contributed by atoms with Crippen LogP contribution in [-0.4, -0.2) is 59.0 Å². The summed E-state index contributed by atoms with van der Waals surface area (Å²) in [6.45, 7) is 6.27. The van der Waals surface area contributed by atoms with Crippen molar-refractivity contribution in [1.29, 1.82) is 0 Å². The normalized spacial score (nSPS) is 15.8. The molecule has 1 fully saturated rings. The van der Waals surface area contributed by atoms with Crippen molar-refractivity contribution in [3.63, 3.8) is 0 Å². The third-order valence-electron chi connectivity index (χ3n) is 4.13. The Hall–Kier alpha value is -1.10. The van der Waals surface area contributed by atoms with Gasteiger partial charge in [0, 0.05) is 25.6 Å². The smallest absolute Gasteiger partial charge is 0.317 e. The van der Waals surface area contributed by atoms with E-state index < -0.39 is 5.97 Å². The van der Waals surface area contributed by atoms with Gasteiger partial charge in [-0.25, -0.2) is 0 Å². The van der Waals surface area contributed by atoms with Crippen molar-refractivity contribution >= 4 is 11.9 Å². The molecule has 0 atom stereocenters. The largest absolute Gasteiger partial charge is 0.480 e. The quantitative estimate of drug-likeness (QED) is 0.703. The van der Waals surface area contributed by atoms with Gasteiger partial charge in [0.05, 0.1) is 6.54 Å². The number of carbonyl (C=O) groups is 2. The number of carboxylic acids is 1. The van der Waals surface area contributed by atoms with Gasteiger partial charge in [-0.1, -0.05) is 12.8 Å². The van der Waals surface area contributed by atoms with E-state index in [4.69, 9.17) is 5.11 Å². The van der Waals surface area contributed by atoms with Crippen LogP contribution in [0.25, 0.3) is 0 Å². The predicted molar refractivity (Wildman–Crippen MR) is 78.6 cm³/mol. The molecule has 0 saturated heterocycles. The number of rotatable bonds is 9. The number of carbonyl (C=O) groups excluding carboxylic acids is 1. The number of amides is 1. The molecule has 0 aliphatic heterocycles. The Morgan fingerprint density at radius 1 is 1.15 bits per heavy atom. The van der Waals surface area contributed by atoms with Gasteiger partial charge in [-0.05, 0) is 39.7 Å². The molecule has 1 amide bonds. The first-order valence-corrected chi connectivity index (χ1v) is 7.82. The minimum atomic E-state index is -0.771. The van der Waals surface area contributed by atoms with Gasteiger partial charge in [0.25, 0.3) is 0 Å². The summed E-state index contributed by atoms with van der Waals surface area (Å²) in [4.78, 5) is 26.7. The SMILES string of the molecule is CCN(CC)C(=O)CCCN(CC(=O)O)C1CCCC1. The highest BCUT2D eigenvalue weighted by Crippen LogP contribution is 2.23. The first-order valence-electron chi connectivity index (χ1n) is 7.82. The highest BCUT2D eigenvalue weighted by molar-refractivity contribution is 5.76. The fraction of sp³-hybridized carbons (Fsp3) is 0.867. The zero-order chi connectivity index (χ0) is 15.0. The van der Waals surface area contributed by atoms with Gasteiger partial charge in [-0.3, -0.25) is 14.5 Å². The Bertz CT molecular complexity index is 310. The predicted octanol–water partition coefficient (Wildman–Crippen LogP) is 1.96. The first kappa shape index (κ1) is 17.0. The third-order valence-corrected chi connectivity index (χ3v) is 4.13. The molecule has 0 heterocycles. The number of hydrogen-bond donors (Lipinski definition) is 1. The van der Waals surface area contributed by atoms with E-state index in [1.165, 1.54) is 12.8 Å². The first-order chi connectivity index (χ1) is 9.58. The van der Waals surface area contributed by atoms with Crippen molar-refractivity contribution in [1.82, 2.24) is 9.80 Å². The maximum atomic E-state index is 11.9. The van der Waals surface area contributed by atoms with Crippen molar-refractivity contribution in [3.05, 3.63) is 0 Å². The molecular formula is C15H28N2O3. The molecule has 5 heteroatoms. The zero-order valence-corrected chi connectivity index (χ0v) is 12.8. The molecule has 0 aromatic carbocycles. The number of carboxylic acid groups (broad SMARTS) is 1. The van der Waals surface area contributed by atoms with Crippen molar-refractivity contribution in [3.8, 4) is 0 Å². The molecule has 5 nitrogen and oxygen atoms in total. The molecule has 1 N–H and O–H groups in total. The number of nitrogens with zero attached hydrogens (tertiary/aromatic N) is 2. The summed E-state index contributed by atoms with van der Waals surface area (Å²) in [5, 5.41) is 9.00. The van der Waals surface area contributed by atoms with E-state index in [1.54, 1.807) is 0 Å². The van der Waals surface area contributed by atoms with Crippen LogP contribution in [0.5, 0.6) is 0 Å². The zero-order valence-electron chi connectivity index (χ0n) is 12.8. The van der Waals surface area contributed by atoms with Gasteiger partial charge in [-0.2, -0.15) is 0 Å². The molecule has 0 unspecified atom stereocenters. The minimum absolute atomic E-state index is 0.101. The second-order valence-electron chi connectivity index (χ2n) is 5.47. The fourth-order valence-electron chi connectivity index (χ4n) is 3.00. The summed E-state index contributed by atoms with van der Waals surface area (Å²) >= 11 is 0. The lowest BCUT2D eigenvalue weighted by molar-refractivity contribution is -0.138. The molecule has 1 saturated carbocycles. The van der Waals surface area contributed by atoms with E-state index in [-0.39, 0.29) is 12.5 Å². The van der Waals surface area contributed by atoms with Crippen LogP contribution < -0.4 is 0 Å². The van der Waals surface area contributed by atoms with Crippen LogP contribution in [0.4, 0.5) is 0 Å². The van der Waals surface area contributed by atoms with Gasteiger partial charge < -0.3 is 10.0 Å². The summed E-state index contributed by atoms with van der Waals surface area (Å²) in [5.74, 6) is -0.594. The van der Waals surface area contributed by atoms with E-state index in [9.17, 15) is 9.59 Å². The van der Waals surface area contributed by atoms with Crippen LogP contribution in [0.3, 0.4) is 0 Å². The van der Waals surface area contributed by atoms with Gasteiger partial charge in [0.1, 0.15) is 0 Å². The molecule has 0 bridgehead atoms. The van der Waals surface area contributed by atoms with Crippen LogP contribution in [-0.2, 0) is 9.59 Å². The Morgan fingerprint density at radius 2 is 1.75 bits per heavy atom. The summed E-state index contributed by atoms with van der Waals surface area (Å²) in [6.07, 6.45) is 5.84. The number of hydrogen-bond acceptors (Lipinski definition) is 3. The second-order valence-corrected chi connectivity index (χ2v) is 5.47. The molecule has 0 aromatic rings. The van der Waals surface area contributed by atoms with Crippen molar-refractivity contribution in [2.45, 2.75) is 58.4 Å². The van der Waals surface area contributed by atoms with Crippen LogP contribution >= 0.6 is 0 Å². The molecule has 116 valence electrons. The summed E-state index contributed by atoms with van der Waals surface area (Å²) in [5.41, 5.74) is 0. The lowest BCUT2D eigenvalue weighted by atomic mass is 10.1. The average Bonchev–Trinajstić information content (AvgIpc) is 2.92. The minimum Gasteiger partial charge on any atom is -0.480 e. The Morgan fingerprint density at radius 3 is 2.25 bits per heavy atom. The molecule has 1 aliphatic rings. The summed E-state index contributed by atoms with van der Waals surface area (Å²) in [7, 11) is 0. The summed E-state index contributed by atoms with van der Waals surface area (Å²) in [6, 6.07) is 0.398. The van der Waals surface area contributed by atoms with Crippen LogP contribution in [0, 0.1) is 0 Å². The van der Waals surface area contributed by atoms with Gasteiger partial charge >= 0.3 is 5.97 Å². The molecule has 0 spiro atoms. The van der Waals surface area contributed by atoms with Crippen LogP contribution in [0.2, 0.25) is 0 Å². The molecule has 0 aromatic heterocycles. The molecule has 1 rings (SSSR count). The summed E-state index contributed by atoms with van der Waals surface area (Å²) < 4.78 is 0. The maximum Gasteiger partial charge on any atom is 0.317 e. The molecular weight excluding hydrogens is 256 g/mol. The topological polar surface area (TPSA) is 60.9 Å². The second kappa shape index (κ2) is 8.95. The molecule has 20 heavy (non-hydrogen) atoms.